The third kappa shape index (κ3) is 4.85. The summed E-state index contributed by atoms with van der Waals surface area (Å²) >= 11 is 0. The lowest BCUT2D eigenvalue weighted by atomic mass is 10.0. The molecule has 0 saturated carbocycles. The van der Waals surface area contributed by atoms with Gasteiger partial charge in [0.15, 0.2) is 0 Å². The van der Waals surface area contributed by atoms with Gasteiger partial charge in [-0.05, 0) is 25.8 Å². The summed E-state index contributed by atoms with van der Waals surface area (Å²) in [5.41, 5.74) is 4.93. The molecule has 0 aromatic rings. The molecule has 1 rings (SSSR count). The zero-order valence-electron chi connectivity index (χ0n) is 7.92. The maximum atomic E-state index is 10.3. The van der Waals surface area contributed by atoms with Crippen molar-refractivity contribution >= 4 is 5.91 Å². The molecule has 1 aliphatic heterocycles. The SMILES string of the molecule is NC(=O)COCCC1CCCCN1. The average Bonchev–Trinajstić information content (AvgIpc) is 2.14. The zero-order chi connectivity index (χ0) is 9.52. The van der Waals surface area contributed by atoms with Crippen LogP contribution in [0.3, 0.4) is 0 Å². The fourth-order valence-corrected chi connectivity index (χ4v) is 1.57. The molecule has 3 N–H and O–H groups in total. The van der Waals surface area contributed by atoms with Gasteiger partial charge in [-0.25, -0.2) is 0 Å². The van der Waals surface area contributed by atoms with E-state index in [-0.39, 0.29) is 6.61 Å². The molecule has 0 aliphatic carbocycles. The molecule has 1 atom stereocenters. The number of primary amides is 1. The summed E-state index contributed by atoms with van der Waals surface area (Å²) in [6, 6.07) is 0.571. The zero-order valence-corrected chi connectivity index (χ0v) is 7.92. The number of nitrogens with two attached hydrogens (primary N) is 1. The van der Waals surface area contributed by atoms with E-state index in [0.29, 0.717) is 12.6 Å². The van der Waals surface area contributed by atoms with E-state index in [9.17, 15) is 4.79 Å². The number of carbonyl (C=O) groups excluding carboxylic acids is 1. The Bertz CT molecular complexity index is 156. The van der Waals surface area contributed by atoms with Gasteiger partial charge in [0.1, 0.15) is 6.61 Å². The predicted octanol–water partition coefficient (Wildman–Crippen LogP) is 0.0205. The van der Waals surface area contributed by atoms with Gasteiger partial charge in [-0.3, -0.25) is 4.79 Å². The van der Waals surface area contributed by atoms with Crippen LogP contribution in [0.2, 0.25) is 0 Å². The molecule has 13 heavy (non-hydrogen) atoms. The standard InChI is InChI=1S/C9H18N2O2/c10-9(12)7-13-6-4-8-3-1-2-5-11-8/h8,11H,1-7H2,(H2,10,12). The lowest BCUT2D eigenvalue weighted by Crippen LogP contribution is -2.35. The molecule has 1 unspecified atom stereocenters. The Morgan fingerprint density at radius 3 is 3.00 bits per heavy atom. The van der Waals surface area contributed by atoms with Gasteiger partial charge in [-0.1, -0.05) is 6.42 Å². The van der Waals surface area contributed by atoms with Crippen molar-refractivity contribution in [1.82, 2.24) is 5.32 Å². The monoisotopic (exact) mass is 186 g/mol. The van der Waals surface area contributed by atoms with Gasteiger partial charge in [-0.15, -0.1) is 0 Å². The molecule has 4 nitrogen and oxygen atoms in total. The van der Waals surface area contributed by atoms with Gasteiger partial charge >= 0.3 is 0 Å². The van der Waals surface area contributed by atoms with Crippen molar-refractivity contribution in [2.24, 2.45) is 5.73 Å². The number of hydrogen-bond donors (Lipinski definition) is 2. The Kier molecular flexibility index (Phi) is 4.78. The molecule has 0 aromatic carbocycles. The number of ether oxygens (including phenoxy) is 1. The molecule has 1 saturated heterocycles. The van der Waals surface area contributed by atoms with E-state index in [0.717, 1.165) is 13.0 Å². The molecule has 1 heterocycles. The summed E-state index contributed by atoms with van der Waals surface area (Å²) < 4.78 is 5.08. The Balaban J connectivity index is 1.95. The van der Waals surface area contributed by atoms with Crippen molar-refractivity contribution in [3.63, 3.8) is 0 Å². The smallest absolute Gasteiger partial charge is 0.243 e. The topological polar surface area (TPSA) is 64.4 Å². The Morgan fingerprint density at radius 2 is 2.38 bits per heavy atom. The van der Waals surface area contributed by atoms with Gasteiger partial charge < -0.3 is 15.8 Å². The first kappa shape index (κ1) is 10.5. The lowest BCUT2D eigenvalue weighted by molar-refractivity contribution is -0.122. The van der Waals surface area contributed by atoms with Crippen LogP contribution < -0.4 is 11.1 Å². The molecule has 76 valence electrons. The van der Waals surface area contributed by atoms with Crippen LogP contribution in [-0.2, 0) is 9.53 Å². The van der Waals surface area contributed by atoms with Gasteiger partial charge in [0, 0.05) is 12.6 Å². The molecular formula is C9H18N2O2. The van der Waals surface area contributed by atoms with Crippen LogP contribution in [0.25, 0.3) is 0 Å². The van der Waals surface area contributed by atoms with Crippen LogP contribution >= 0.6 is 0 Å². The fourth-order valence-electron chi connectivity index (χ4n) is 1.57. The highest BCUT2D eigenvalue weighted by Crippen LogP contribution is 2.09. The van der Waals surface area contributed by atoms with E-state index in [2.05, 4.69) is 5.32 Å². The molecule has 0 spiro atoms. The van der Waals surface area contributed by atoms with Crippen LogP contribution in [-0.4, -0.2) is 31.7 Å². The van der Waals surface area contributed by atoms with Crippen LogP contribution in [0, 0.1) is 0 Å². The third-order valence-electron chi connectivity index (χ3n) is 2.27. The van der Waals surface area contributed by atoms with E-state index >= 15 is 0 Å². The fraction of sp³-hybridized carbons (Fsp3) is 0.889. The molecule has 0 bridgehead atoms. The first-order valence-corrected chi connectivity index (χ1v) is 4.88. The number of carbonyl (C=O) groups is 1. The molecule has 4 heteroatoms. The van der Waals surface area contributed by atoms with Gasteiger partial charge in [0.25, 0.3) is 0 Å². The van der Waals surface area contributed by atoms with Crippen LogP contribution in [0.5, 0.6) is 0 Å². The summed E-state index contributed by atoms with van der Waals surface area (Å²) in [4.78, 5) is 10.3. The van der Waals surface area contributed by atoms with Crippen molar-refractivity contribution in [3.8, 4) is 0 Å². The largest absolute Gasteiger partial charge is 0.372 e. The molecule has 1 fully saturated rings. The highest BCUT2D eigenvalue weighted by atomic mass is 16.5. The molecule has 0 aromatic heterocycles. The minimum absolute atomic E-state index is 0.0483. The van der Waals surface area contributed by atoms with E-state index in [4.69, 9.17) is 10.5 Å². The second kappa shape index (κ2) is 5.94. The minimum atomic E-state index is -0.392. The summed E-state index contributed by atoms with van der Waals surface area (Å²) in [7, 11) is 0. The second-order valence-electron chi connectivity index (χ2n) is 3.45. The Hall–Kier alpha value is -0.610. The van der Waals surface area contributed by atoms with E-state index in [1.165, 1.54) is 19.3 Å². The van der Waals surface area contributed by atoms with Crippen LogP contribution in [0.4, 0.5) is 0 Å². The van der Waals surface area contributed by atoms with Gasteiger partial charge in [0.05, 0.1) is 0 Å². The first-order chi connectivity index (χ1) is 6.29. The average molecular weight is 186 g/mol. The molecular weight excluding hydrogens is 168 g/mol. The van der Waals surface area contributed by atoms with Crippen molar-refractivity contribution in [2.75, 3.05) is 19.8 Å². The van der Waals surface area contributed by atoms with Gasteiger partial charge in [-0.2, -0.15) is 0 Å². The van der Waals surface area contributed by atoms with E-state index < -0.39 is 5.91 Å². The van der Waals surface area contributed by atoms with Crippen LogP contribution in [0.15, 0.2) is 0 Å². The molecule has 1 aliphatic rings. The third-order valence-corrected chi connectivity index (χ3v) is 2.27. The van der Waals surface area contributed by atoms with Crippen molar-refractivity contribution in [2.45, 2.75) is 31.7 Å². The number of hydrogen-bond acceptors (Lipinski definition) is 3. The number of rotatable bonds is 5. The normalized spacial score (nSPS) is 22.9. The number of piperidine rings is 1. The Labute approximate surface area is 78.8 Å². The number of amides is 1. The van der Waals surface area contributed by atoms with Crippen molar-refractivity contribution in [1.29, 1.82) is 0 Å². The van der Waals surface area contributed by atoms with Crippen LogP contribution in [0.1, 0.15) is 25.7 Å². The first-order valence-electron chi connectivity index (χ1n) is 4.88. The van der Waals surface area contributed by atoms with Crippen molar-refractivity contribution < 1.29 is 9.53 Å². The lowest BCUT2D eigenvalue weighted by Gasteiger charge is -2.22. The van der Waals surface area contributed by atoms with E-state index in [1.54, 1.807) is 0 Å². The summed E-state index contributed by atoms with van der Waals surface area (Å²) in [6.45, 7) is 1.79. The quantitative estimate of drug-likeness (QED) is 0.595. The molecule has 0 radical (unpaired) electrons. The maximum Gasteiger partial charge on any atom is 0.243 e. The highest BCUT2D eigenvalue weighted by Gasteiger charge is 2.11. The van der Waals surface area contributed by atoms with Crippen molar-refractivity contribution in [3.05, 3.63) is 0 Å². The second-order valence-corrected chi connectivity index (χ2v) is 3.45. The maximum absolute atomic E-state index is 10.3. The Morgan fingerprint density at radius 1 is 1.54 bits per heavy atom. The van der Waals surface area contributed by atoms with E-state index in [1.807, 2.05) is 0 Å². The molecule has 1 amide bonds. The highest BCUT2D eigenvalue weighted by molar-refractivity contribution is 5.74. The van der Waals surface area contributed by atoms with Gasteiger partial charge in [0.2, 0.25) is 5.91 Å². The number of nitrogens with one attached hydrogen (secondary N) is 1. The predicted molar refractivity (Wildman–Crippen MR) is 50.3 cm³/mol. The summed E-state index contributed by atoms with van der Waals surface area (Å²) in [5, 5.41) is 3.41. The minimum Gasteiger partial charge on any atom is -0.372 e. The summed E-state index contributed by atoms with van der Waals surface area (Å²) in [5.74, 6) is -0.392. The summed E-state index contributed by atoms with van der Waals surface area (Å²) in [6.07, 6.45) is 4.78.